The number of ether oxygens (including phenoxy) is 1. The van der Waals surface area contributed by atoms with Gasteiger partial charge in [-0.2, -0.15) is 26.9 Å². The van der Waals surface area contributed by atoms with E-state index in [4.69, 9.17) is 12.2 Å². The van der Waals surface area contributed by atoms with Crippen LogP contribution in [0.5, 0.6) is 5.75 Å². The van der Waals surface area contributed by atoms with Gasteiger partial charge >= 0.3 is 12.3 Å². The lowest BCUT2D eigenvalue weighted by atomic mass is 9.99. The molecule has 1 aliphatic heterocycles. The first-order valence-electron chi connectivity index (χ1n) is 14.5. The molecule has 252 valence electrons. The summed E-state index contributed by atoms with van der Waals surface area (Å²) in [5, 5.41) is 7.58. The summed E-state index contributed by atoms with van der Waals surface area (Å²) in [5.74, 6) is -0.148. The van der Waals surface area contributed by atoms with Crippen molar-refractivity contribution in [3.05, 3.63) is 89.7 Å². The highest BCUT2D eigenvalue weighted by Crippen LogP contribution is 2.38. The van der Waals surface area contributed by atoms with Crippen LogP contribution in [0.2, 0.25) is 0 Å². The number of aromatic nitrogens is 3. The molecular weight excluding hydrogens is 679 g/mol. The Morgan fingerprint density at radius 3 is 2.40 bits per heavy atom. The lowest BCUT2D eigenvalue weighted by molar-refractivity contribution is -0.360. The Balaban J connectivity index is 1.20. The number of benzene rings is 3. The first-order valence-corrected chi connectivity index (χ1v) is 15.8. The third-order valence-corrected chi connectivity index (χ3v) is 8.30. The van der Waals surface area contributed by atoms with Gasteiger partial charge in [0.15, 0.2) is 16.1 Å². The molecule has 4 aromatic rings. The maximum absolute atomic E-state index is 15.2. The normalized spacial score (nSPS) is 15.3. The number of thiocarbonyl (C=S) groups is 1. The lowest BCUT2D eigenvalue weighted by Crippen LogP contribution is -2.41. The van der Waals surface area contributed by atoms with E-state index in [1.165, 1.54) is 34.9 Å². The van der Waals surface area contributed by atoms with E-state index in [9.17, 15) is 26.7 Å². The van der Waals surface area contributed by atoms with Crippen molar-refractivity contribution in [2.24, 2.45) is 4.99 Å². The molecule has 16 heteroatoms. The van der Waals surface area contributed by atoms with E-state index < -0.39 is 24.2 Å². The van der Waals surface area contributed by atoms with Crippen LogP contribution in [0.15, 0.2) is 78.0 Å². The fraction of sp³-hybridized carbons (Fsp3) is 0.281. The van der Waals surface area contributed by atoms with Gasteiger partial charge in [0.25, 0.3) is 0 Å². The third kappa shape index (κ3) is 7.81. The van der Waals surface area contributed by atoms with E-state index in [1.807, 2.05) is 39.0 Å². The molecule has 1 atom stereocenters. The van der Waals surface area contributed by atoms with Crippen LogP contribution in [0.3, 0.4) is 0 Å². The molecule has 1 amide bonds. The summed E-state index contributed by atoms with van der Waals surface area (Å²) in [7, 11) is 0. The smallest absolute Gasteiger partial charge is 0.426 e. The molecule has 1 aliphatic rings. The number of rotatable bonds is 9. The number of hydrogen-bond acceptors (Lipinski definition) is 6. The van der Waals surface area contributed by atoms with Gasteiger partial charge in [-0.3, -0.25) is 9.69 Å². The third-order valence-electron chi connectivity index (χ3n) is 7.14. The number of aryl methyl sites for hydroxylation is 1. The van der Waals surface area contributed by atoms with E-state index in [0.29, 0.717) is 22.0 Å². The van der Waals surface area contributed by atoms with Gasteiger partial charge in [0, 0.05) is 5.56 Å². The number of nitrogens with one attached hydrogen (secondary N) is 1. The highest BCUT2D eigenvalue weighted by molar-refractivity contribution is 8.15. The van der Waals surface area contributed by atoms with Crippen molar-refractivity contribution in [2.45, 2.75) is 45.1 Å². The second-order valence-electron chi connectivity index (χ2n) is 11.0. The Morgan fingerprint density at radius 2 is 1.75 bits per heavy atom. The fourth-order valence-electron chi connectivity index (χ4n) is 4.67. The molecule has 0 spiro atoms. The summed E-state index contributed by atoms with van der Waals surface area (Å²) >= 11 is 6.63. The number of anilines is 1. The van der Waals surface area contributed by atoms with Crippen LogP contribution in [0.4, 0.5) is 32.0 Å². The molecule has 3 aromatic carbocycles. The van der Waals surface area contributed by atoms with E-state index >= 15 is 4.39 Å². The molecule has 48 heavy (non-hydrogen) atoms. The van der Waals surface area contributed by atoms with Crippen molar-refractivity contribution < 1.29 is 35.9 Å². The van der Waals surface area contributed by atoms with Gasteiger partial charge < -0.3 is 10.1 Å². The number of amidine groups is 1. The first kappa shape index (κ1) is 34.9. The van der Waals surface area contributed by atoms with Crippen LogP contribution in [-0.4, -0.2) is 55.5 Å². The van der Waals surface area contributed by atoms with E-state index in [0.717, 1.165) is 28.9 Å². The van der Waals surface area contributed by atoms with Crippen LogP contribution in [-0.2, 0) is 4.79 Å². The summed E-state index contributed by atoms with van der Waals surface area (Å²) in [6.07, 6.45) is -11.3. The molecule has 1 fully saturated rings. The molecule has 1 saturated heterocycles. The molecule has 2 heterocycles. The molecule has 0 bridgehead atoms. The molecule has 0 radical (unpaired) electrons. The van der Waals surface area contributed by atoms with Gasteiger partial charge in [0.2, 0.25) is 5.91 Å². The lowest BCUT2D eigenvalue weighted by Gasteiger charge is -2.22. The average Bonchev–Trinajstić information content (AvgIpc) is 3.66. The van der Waals surface area contributed by atoms with Gasteiger partial charge in [0.05, 0.1) is 23.7 Å². The minimum Gasteiger partial charge on any atom is -0.426 e. The van der Waals surface area contributed by atoms with Crippen molar-refractivity contribution in [3.63, 3.8) is 0 Å². The Labute approximate surface area is 281 Å². The van der Waals surface area contributed by atoms with Gasteiger partial charge in [-0.25, -0.2) is 14.1 Å². The number of halogens is 6. The maximum Gasteiger partial charge on any atom is 0.499 e. The van der Waals surface area contributed by atoms with Crippen molar-refractivity contribution in [2.75, 3.05) is 17.2 Å². The van der Waals surface area contributed by atoms with Crippen molar-refractivity contribution >= 4 is 45.9 Å². The van der Waals surface area contributed by atoms with Crippen molar-refractivity contribution in [1.82, 2.24) is 20.1 Å². The Morgan fingerprint density at radius 1 is 1.06 bits per heavy atom. The number of hydrogen-bond donors (Lipinski definition) is 1. The summed E-state index contributed by atoms with van der Waals surface area (Å²) in [6.45, 7) is 5.87. The van der Waals surface area contributed by atoms with Crippen LogP contribution < -0.4 is 15.0 Å². The fourth-order valence-corrected chi connectivity index (χ4v) is 5.77. The number of carbonyl (C=O) groups is 1. The Hall–Kier alpha value is -4.44. The number of amides is 1. The molecule has 5 rings (SSSR count). The topological polar surface area (TPSA) is 84.6 Å². The summed E-state index contributed by atoms with van der Waals surface area (Å²) in [4.78, 5) is 23.0. The summed E-state index contributed by atoms with van der Waals surface area (Å²) < 4.78 is 83.8. The molecular formula is C32H28F6N6O2S2. The number of nitrogens with zero attached hydrogens (tertiary/aromatic N) is 5. The first-order chi connectivity index (χ1) is 22.6. The van der Waals surface area contributed by atoms with E-state index in [-0.39, 0.29) is 35.1 Å². The number of carbonyl (C=O) groups excluding carboxylic acids is 1. The molecule has 8 nitrogen and oxygen atoms in total. The van der Waals surface area contributed by atoms with Crippen molar-refractivity contribution in [3.8, 4) is 22.8 Å². The van der Waals surface area contributed by atoms with Crippen molar-refractivity contribution in [1.29, 1.82) is 0 Å². The SMILES string of the molecule is Cc1ccc(C(C)C)c(N2C(=O)CSC2=NC(=S)NCC(F)c2ccc(-c3ncn(-c4ccc(OC(F)(F)C(F)(F)F)cc4)n3)cc2)c1. The van der Waals surface area contributed by atoms with Gasteiger partial charge in [-0.1, -0.05) is 62.0 Å². The maximum atomic E-state index is 15.2. The minimum absolute atomic E-state index is 0.0404. The van der Waals surface area contributed by atoms with Gasteiger partial charge in [-0.05, 0) is 72.1 Å². The van der Waals surface area contributed by atoms with Crippen LogP contribution >= 0.6 is 24.0 Å². The molecule has 0 aliphatic carbocycles. The second-order valence-corrected chi connectivity index (χ2v) is 12.4. The average molecular weight is 707 g/mol. The highest BCUT2D eigenvalue weighted by atomic mass is 32.2. The highest BCUT2D eigenvalue weighted by Gasteiger charge is 2.61. The molecule has 1 N–H and O–H groups in total. The molecule has 0 saturated carbocycles. The predicted molar refractivity (Wildman–Crippen MR) is 176 cm³/mol. The zero-order chi connectivity index (χ0) is 34.8. The zero-order valence-corrected chi connectivity index (χ0v) is 27.3. The number of alkyl halides is 6. The predicted octanol–water partition coefficient (Wildman–Crippen LogP) is 7.92. The molecule has 1 unspecified atom stereocenters. The zero-order valence-electron chi connectivity index (χ0n) is 25.6. The van der Waals surface area contributed by atoms with Crippen LogP contribution in [0.1, 0.15) is 42.6 Å². The summed E-state index contributed by atoms with van der Waals surface area (Å²) in [6, 6.07) is 16.7. The largest absolute Gasteiger partial charge is 0.499 e. The minimum atomic E-state index is -5.86. The van der Waals surface area contributed by atoms with E-state index in [2.05, 4.69) is 25.1 Å². The van der Waals surface area contributed by atoms with Crippen LogP contribution in [0, 0.1) is 6.92 Å². The Kier molecular flexibility index (Phi) is 10.1. The Bertz CT molecular complexity index is 1830. The van der Waals surface area contributed by atoms with Gasteiger partial charge in [-0.15, -0.1) is 5.10 Å². The standard InChI is InChI=1S/C32H28F6N6O2S2/c1-18(2)24-13-4-19(3)14-26(24)44-27(45)16-48-30(44)41-29(47)39-15-25(33)20-5-7-21(8-6-20)28-40-17-43(42-28)22-9-11-23(12-10-22)46-32(37,38)31(34,35)36/h4-14,17-18,25H,15-16H2,1-3H3,(H,39,47). The number of thioether (sulfide) groups is 1. The monoisotopic (exact) mass is 706 g/mol. The quantitative estimate of drug-likeness (QED) is 0.140. The van der Waals surface area contributed by atoms with Gasteiger partial charge in [0.1, 0.15) is 18.2 Å². The molecule has 1 aromatic heterocycles. The number of aliphatic imine (C=N–C) groups is 1. The summed E-state index contributed by atoms with van der Waals surface area (Å²) in [5.41, 5.74) is 3.97. The second kappa shape index (κ2) is 14.0. The van der Waals surface area contributed by atoms with Crippen LogP contribution in [0.25, 0.3) is 17.1 Å². The van der Waals surface area contributed by atoms with E-state index in [1.54, 1.807) is 29.2 Å².